The van der Waals surface area contributed by atoms with Gasteiger partial charge in [0, 0.05) is 7.11 Å². The largest absolute Gasteiger partial charge is 0.381 e. The molecule has 0 aliphatic heterocycles. The standard InChI is InChI=1S/C14H19FO/c1-9(2)12-5-4-6-13(14(12)15)10-7-11(8-10)16-3/h4-6,9-11H,7-8H2,1-3H3. The van der Waals surface area contributed by atoms with Crippen LogP contribution in [-0.4, -0.2) is 13.2 Å². The molecular formula is C14H19FO. The Hall–Kier alpha value is -0.890. The summed E-state index contributed by atoms with van der Waals surface area (Å²) in [6, 6.07) is 5.77. The molecule has 0 spiro atoms. The molecule has 1 aromatic carbocycles. The Bertz CT molecular complexity index is 367. The first-order chi connectivity index (χ1) is 7.63. The Kier molecular flexibility index (Phi) is 3.29. The molecule has 0 atom stereocenters. The van der Waals surface area contributed by atoms with Gasteiger partial charge in [-0.1, -0.05) is 32.0 Å². The lowest BCUT2D eigenvalue weighted by Crippen LogP contribution is -2.29. The Balaban J connectivity index is 2.19. The molecule has 0 heterocycles. The van der Waals surface area contributed by atoms with E-state index < -0.39 is 0 Å². The van der Waals surface area contributed by atoms with Crippen molar-refractivity contribution < 1.29 is 9.13 Å². The van der Waals surface area contributed by atoms with E-state index in [4.69, 9.17) is 4.74 Å². The smallest absolute Gasteiger partial charge is 0.130 e. The summed E-state index contributed by atoms with van der Waals surface area (Å²) in [7, 11) is 1.72. The minimum Gasteiger partial charge on any atom is -0.381 e. The molecule has 2 rings (SSSR count). The number of benzene rings is 1. The van der Waals surface area contributed by atoms with Gasteiger partial charge < -0.3 is 4.74 Å². The van der Waals surface area contributed by atoms with E-state index in [0.717, 1.165) is 24.0 Å². The van der Waals surface area contributed by atoms with Gasteiger partial charge in [0.15, 0.2) is 0 Å². The summed E-state index contributed by atoms with van der Waals surface area (Å²) < 4.78 is 19.4. The molecule has 0 bridgehead atoms. The topological polar surface area (TPSA) is 9.23 Å². The molecule has 0 aromatic heterocycles. The van der Waals surface area contributed by atoms with Gasteiger partial charge in [-0.15, -0.1) is 0 Å². The fourth-order valence-electron chi connectivity index (χ4n) is 2.34. The van der Waals surface area contributed by atoms with Gasteiger partial charge in [-0.3, -0.25) is 0 Å². The number of ether oxygens (including phenoxy) is 1. The molecule has 2 heteroatoms. The van der Waals surface area contributed by atoms with Gasteiger partial charge in [-0.05, 0) is 35.8 Å². The van der Waals surface area contributed by atoms with Gasteiger partial charge in [0.2, 0.25) is 0 Å². The quantitative estimate of drug-likeness (QED) is 0.755. The van der Waals surface area contributed by atoms with Crippen molar-refractivity contribution in [2.75, 3.05) is 7.11 Å². The second-order valence-electron chi connectivity index (χ2n) is 4.93. The number of hydrogen-bond acceptors (Lipinski definition) is 1. The van der Waals surface area contributed by atoms with E-state index in [1.807, 2.05) is 32.0 Å². The molecule has 1 aliphatic rings. The first-order valence-electron chi connectivity index (χ1n) is 5.94. The summed E-state index contributed by atoms with van der Waals surface area (Å²) in [5.74, 6) is 0.596. The van der Waals surface area contributed by atoms with Crippen LogP contribution in [0.25, 0.3) is 0 Å². The van der Waals surface area contributed by atoms with E-state index in [1.165, 1.54) is 0 Å². The van der Waals surface area contributed by atoms with Crippen molar-refractivity contribution in [2.24, 2.45) is 0 Å². The maximum absolute atomic E-state index is 14.2. The maximum atomic E-state index is 14.2. The summed E-state index contributed by atoms with van der Waals surface area (Å²) in [6.45, 7) is 4.06. The van der Waals surface area contributed by atoms with E-state index in [2.05, 4.69) is 0 Å². The van der Waals surface area contributed by atoms with Crippen molar-refractivity contribution in [3.05, 3.63) is 35.1 Å². The summed E-state index contributed by atoms with van der Waals surface area (Å²) in [5.41, 5.74) is 1.71. The summed E-state index contributed by atoms with van der Waals surface area (Å²) in [4.78, 5) is 0. The van der Waals surface area contributed by atoms with Crippen LogP contribution in [0.3, 0.4) is 0 Å². The van der Waals surface area contributed by atoms with Crippen LogP contribution in [0.15, 0.2) is 18.2 Å². The highest BCUT2D eigenvalue weighted by atomic mass is 19.1. The van der Waals surface area contributed by atoms with E-state index in [9.17, 15) is 4.39 Å². The van der Waals surface area contributed by atoms with E-state index >= 15 is 0 Å². The van der Waals surface area contributed by atoms with Crippen LogP contribution in [0.2, 0.25) is 0 Å². The van der Waals surface area contributed by atoms with Crippen molar-refractivity contribution in [2.45, 2.75) is 44.6 Å². The molecule has 1 nitrogen and oxygen atoms in total. The first kappa shape index (κ1) is 11.6. The number of hydrogen-bond donors (Lipinski definition) is 0. The van der Waals surface area contributed by atoms with Crippen molar-refractivity contribution in [1.29, 1.82) is 0 Å². The maximum Gasteiger partial charge on any atom is 0.130 e. The molecular weight excluding hydrogens is 203 g/mol. The zero-order valence-electron chi connectivity index (χ0n) is 10.2. The zero-order chi connectivity index (χ0) is 11.7. The van der Waals surface area contributed by atoms with Crippen LogP contribution in [0, 0.1) is 5.82 Å². The third-order valence-corrected chi connectivity index (χ3v) is 3.55. The molecule has 0 saturated heterocycles. The minimum absolute atomic E-state index is 0.00273. The van der Waals surface area contributed by atoms with Gasteiger partial charge in [0.25, 0.3) is 0 Å². The van der Waals surface area contributed by atoms with Crippen molar-refractivity contribution >= 4 is 0 Å². The SMILES string of the molecule is COC1CC(c2cccc(C(C)C)c2F)C1. The number of methoxy groups -OCH3 is 1. The Morgan fingerprint density at radius 2 is 2.00 bits per heavy atom. The zero-order valence-corrected chi connectivity index (χ0v) is 10.2. The van der Waals surface area contributed by atoms with Gasteiger partial charge in [-0.2, -0.15) is 0 Å². The molecule has 1 aliphatic carbocycles. The highest BCUT2D eigenvalue weighted by molar-refractivity contribution is 5.32. The van der Waals surface area contributed by atoms with Crippen LogP contribution in [0.5, 0.6) is 0 Å². The fraction of sp³-hybridized carbons (Fsp3) is 0.571. The first-order valence-corrected chi connectivity index (χ1v) is 5.94. The fourth-order valence-corrected chi connectivity index (χ4v) is 2.34. The lowest BCUT2D eigenvalue weighted by molar-refractivity contribution is 0.0249. The number of rotatable bonds is 3. The molecule has 0 radical (unpaired) electrons. The summed E-state index contributed by atoms with van der Waals surface area (Å²) >= 11 is 0. The molecule has 1 aromatic rings. The van der Waals surface area contributed by atoms with Crippen molar-refractivity contribution in [3.63, 3.8) is 0 Å². The van der Waals surface area contributed by atoms with Crippen LogP contribution < -0.4 is 0 Å². The molecule has 88 valence electrons. The summed E-state index contributed by atoms with van der Waals surface area (Å²) in [6.07, 6.45) is 2.23. The van der Waals surface area contributed by atoms with Gasteiger partial charge in [-0.25, -0.2) is 4.39 Å². The normalized spacial score (nSPS) is 24.6. The molecule has 0 unspecified atom stereocenters. The van der Waals surface area contributed by atoms with Crippen LogP contribution in [0.4, 0.5) is 4.39 Å². The average molecular weight is 222 g/mol. The predicted octanol–water partition coefficient (Wildman–Crippen LogP) is 3.84. The van der Waals surface area contributed by atoms with Crippen molar-refractivity contribution in [1.82, 2.24) is 0 Å². The molecule has 1 saturated carbocycles. The second-order valence-corrected chi connectivity index (χ2v) is 4.93. The third kappa shape index (κ3) is 1.99. The van der Waals surface area contributed by atoms with Crippen LogP contribution in [0.1, 0.15) is 49.7 Å². The minimum atomic E-state index is -0.00273. The lowest BCUT2D eigenvalue weighted by Gasteiger charge is -2.35. The van der Waals surface area contributed by atoms with Gasteiger partial charge in [0.1, 0.15) is 5.82 Å². The molecule has 0 N–H and O–H groups in total. The molecule has 0 amide bonds. The lowest BCUT2D eigenvalue weighted by atomic mass is 9.76. The Morgan fingerprint density at radius 1 is 1.31 bits per heavy atom. The van der Waals surface area contributed by atoms with Crippen molar-refractivity contribution in [3.8, 4) is 0 Å². The van der Waals surface area contributed by atoms with Crippen LogP contribution >= 0.6 is 0 Å². The highest BCUT2D eigenvalue weighted by Crippen LogP contribution is 2.40. The predicted molar refractivity (Wildman–Crippen MR) is 63.3 cm³/mol. The van der Waals surface area contributed by atoms with Crippen LogP contribution in [-0.2, 0) is 4.74 Å². The summed E-state index contributed by atoms with van der Waals surface area (Å²) in [5, 5.41) is 0. The van der Waals surface area contributed by atoms with E-state index in [-0.39, 0.29) is 11.7 Å². The Morgan fingerprint density at radius 3 is 2.56 bits per heavy atom. The molecule has 1 fully saturated rings. The number of halogens is 1. The average Bonchev–Trinajstić information content (AvgIpc) is 2.18. The monoisotopic (exact) mass is 222 g/mol. The second kappa shape index (κ2) is 4.54. The van der Waals surface area contributed by atoms with Gasteiger partial charge in [0.05, 0.1) is 6.10 Å². The molecule has 16 heavy (non-hydrogen) atoms. The van der Waals surface area contributed by atoms with Gasteiger partial charge >= 0.3 is 0 Å². The third-order valence-electron chi connectivity index (χ3n) is 3.55. The van der Waals surface area contributed by atoms with E-state index in [0.29, 0.717) is 12.0 Å². The highest BCUT2D eigenvalue weighted by Gasteiger charge is 2.32. The Labute approximate surface area is 96.6 Å². The van der Waals surface area contributed by atoms with E-state index in [1.54, 1.807) is 7.11 Å².